The fourth-order valence-corrected chi connectivity index (χ4v) is 2.97. The summed E-state index contributed by atoms with van der Waals surface area (Å²) in [7, 11) is 1.41. The molecule has 142 valence electrons. The van der Waals surface area contributed by atoms with Gasteiger partial charge in [-0.05, 0) is 18.2 Å². The van der Waals surface area contributed by atoms with Crippen molar-refractivity contribution in [3.8, 4) is 5.75 Å². The van der Waals surface area contributed by atoms with Gasteiger partial charge in [0.25, 0.3) is 5.69 Å². The number of ether oxygens (including phenoxy) is 1. The van der Waals surface area contributed by atoms with Gasteiger partial charge in [0.05, 0.1) is 30.3 Å². The number of methoxy groups -OCH3 is 1. The molecule has 1 fully saturated rings. The van der Waals surface area contributed by atoms with Crippen LogP contribution in [0.1, 0.15) is 0 Å². The van der Waals surface area contributed by atoms with E-state index in [4.69, 9.17) is 4.74 Å². The van der Waals surface area contributed by atoms with Crippen LogP contribution in [0.5, 0.6) is 5.75 Å². The minimum absolute atomic E-state index is 0.0875. The fraction of sp³-hybridized carbons (Fsp3) is 0.333. The number of aromatic nitrogens is 1. The lowest BCUT2D eigenvalue weighted by molar-refractivity contribution is -0.384. The van der Waals surface area contributed by atoms with Crippen molar-refractivity contribution in [1.29, 1.82) is 0 Å². The van der Waals surface area contributed by atoms with Gasteiger partial charge in [0.2, 0.25) is 5.91 Å². The van der Waals surface area contributed by atoms with Crippen LogP contribution in [-0.4, -0.2) is 60.5 Å². The Hall–Kier alpha value is -3.20. The Bertz CT molecular complexity index is 807. The van der Waals surface area contributed by atoms with Crippen molar-refractivity contribution in [2.24, 2.45) is 0 Å². The zero-order chi connectivity index (χ0) is 19.2. The third-order valence-corrected chi connectivity index (χ3v) is 4.38. The predicted octanol–water partition coefficient (Wildman–Crippen LogP) is 1.76. The maximum atomic E-state index is 12.4. The molecule has 9 nitrogen and oxygen atoms in total. The second kappa shape index (κ2) is 8.45. The molecule has 0 unspecified atom stereocenters. The lowest BCUT2D eigenvalue weighted by Crippen LogP contribution is -2.48. The number of piperazine rings is 1. The largest absolute Gasteiger partial charge is 0.494 e. The van der Waals surface area contributed by atoms with E-state index in [1.807, 2.05) is 18.2 Å². The minimum Gasteiger partial charge on any atom is -0.494 e. The second-order valence-electron chi connectivity index (χ2n) is 6.14. The summed E-state index contributed by atoms with van der Waals surface area (Å²) < 4.78 is 5.14. The number of carbonyl (C=O) groups is 1. The quantitative estimate of drug-likeness (QED) is 0.610. The molecule has 1 saturated heterocycles. The van der Waals surface area contributed by atoms with Crippen molar-refractivity contribution in [2.45, 2.75) is 0 Å². The van der Waals surface area contributed by atoms with Crippen molar-refractivity contribution in [2.75, 3.05) is 50.1 Å². The molecule has 1 aromatic heterocycles. The Morgan fingerprint density at radius 2 is 2.04 bits per heavy atom. The number of non-ortho nitro benzene ring substituents is 1. The Morgan fingerprint density at radius 1 is 1.26 bits per heavy atom. The smallest absolute Gasteiger partial charge is 0.273 e. The van der Waals surface area contributed by atoms with Gasteiger partial charge in [0, 0.05) is 38.4 Å². The molecule has 0 radical (unpaired) electrons. The van der Waals surface area contributed by atoms with E-state index in [9.17, 15) is 14.9 Å². The lowest BCUT2D eigenvalue weighted by Gasteiger charge is -2.34. The molecule has 1 aliphatic rings. The predicted molar refractivity (Wildman–Crippen MR) is 101 cm³/mol. The summed E-state index contributed by atoms with van der Waals surface area (Å²) in [6, 6.07) is 9.93. The summed E-state index contributed by atoms with van der Waals surface area (Å²) in [5.74, 6) is 1.02. The molecule has 3 rings (SSSR count). The maximum absolute atomic E-state index is 12.4. The van der Waals surface area contributed by atoms with E-state index in [1.165, 1.54) is 25.3 Å². The SMILES string of the molecule is COc1cc([N+](=O)[O-])ccc1NC(=O)CN1CCN(c2ccccn2)CC1. The van der Waals surface area contributed by atoms with Crippen LogP contribution in [-0.2, 0) is 4.79 Å². The topological polar surface area (TPSA) is 101 Å². The van der Waals surface area contributed by atoms with E-state index in [1.54, 1.807) is 6.20 Å². The molecule has 0 spiro atoms. The summed E-state index contributed by atoms with van der Waals surface area (Å²) in [6.45, 7) is 3.34. The first-order valence-electron chi connectivity index (χ1n) is 8.57. The third kappa shape index (κ3) is 4.70. The van der Waals surface area contributed by atoms with Crippen molar-refractivity contribution >= 4 is 23.1 Å². The van der Waals surface area contributed by atoms with Crippen molar-refractivity contribution in [3.05, 3.63) is 52.7 Å². The number of hydrogen-bond donors (Lipinski definition) is 1. The first-order valence-corrected chi connectivity index (χ1v) is 8.57. The second-order valence-corrected chi connectivity index (χ2v) is 6.14. The minimum atomic E-state index is -0.505. The highest BCUT2D eigenvalue weighted by Gasteiger charge is 2.20. The molecule has 1 aromatic carbocycles. The number of nitro benzene ring substituents is 1. The Kier molecular flexibility index (Phi) is 5.82. The molecule has 0 bridgehead atoms. The lowest BCUT2D eigenvalue weighted by atomic mass is 10.2. The van der Waals surface area contributed by atoms with E-state index in [0.29, 0.717) is 5.69 Å². The van der Waals surface area contributed by atoms with Gasteiger partial charge in [0.15, 0.2) is 0 Å². The van der Waals surface area contributed by atoms with E-state index < -0.39 is 4.92 Å². The first-order chi connectivity index (χ1) is 13.1. The summed E-state index contributed by atoms with van der Waals surface area (Å²) >= 11 is 0. The average molecular weight is 371 g/mol. The van der Waals surface area contributed by atoms with Crippen LogP contribution in [0.15, 0.2) is 42.6 Å². The zero-order valence-electron chi connectivity index (χ0n) is 15.0. The molecule has 2 heterocycles. The Labute approximate surface area is 156 Å². The van der Waals surface area contributed by atoms with Crippen molar-refractivity contribution < 1.29 is 14.5 Å². The summed E-state index contributed by atoms with van der Waals surface area (Å²) in [4.78, 5) is 31.3. The Balaban J connectivity index is 1.54. The highest BCUT2D eigenvalue weighted by Crippen LogP contribution is 2.29. The standard InChI is InChI=1S/C18H21N5O4/c1-27-16-12-14(23(25)26)5-6-15(16)20-18(24)13-21-8-10-22(11-9-21)17-4-2-3-7-19-17/h2-7,12H,8-11,13H2,1H3,(H,20,24). The van der Waals surface area contributed by atoms with Crippen LogP contribution in [0.25, 0.3) is 0 Å². The van der Waals surface area contributed by atoms with E-state index in [-0.39, 0.29) is 23.9 Å². The number of rotatable bonds is 6. The summed E-state index contributed by atoms with van der Waals surface area (Å²) in [5.41, 5.74) is 0.329. The van der Waals surface area contributed by atoms with Gasteiger partial charge in [-0.2, -0.15) is 0 Å². The van der Waals surface area contributed by atoms with Gasteiger partial charge in [-0.1, -0.05) is 6.07 Å². The molecule has 1 N–H and O–H groups in total. The summed E-state index contributed by atoms with van der Waals surface area (Å²) in [6.07, 6.45) is 1.77. The number of nitrogens with one attached hydrogen (secondary N) is 1. The maximum Gasteiger partial charge on any atom is 0.273 e. The molecular weight excluding hydrogens is 350 g/mol. The molecule has 0 aliphatic carbocycles. The number of nitrogens with zero attached hydrogens (tertiary/aromatic N) is 4. The van der Waals surface area contributed by atoms with Crippen molar-refractivity contribution in [1.82, 2.24) is 9.88 Å². The van der Waals surface area contributed by atoms with Crippen molar-refractivity contribution in [3.63, 3.8) is 0 Å². The Morgan fingerprint density at radius 3 is 2.67 bits per heavy atom. The first kappa shape index (κ1) is 18.6. The highest BCUT2D eigenvalue weighted by molar-refractivity contribution is 5.94. The van der Waals surface area contributed by atoms with Gasteiger partial charge in [-0.15, -0.1) is 0 Å². The number of pyridine rings is 1. The van der Waals surface area contributed by atoms with Crippen LogP contribution in [0.2, 0.25) is 0 Å². The number of amides is 1. The molecule has 1 aliphatic heterocycles. The van der Waals surface area contributed by atoms with Gasteiger partial charge < -0.3 is 15.0 Å². The number of hydrogen-bond acceptors (Lipinski definition) is 7. The van der Waals surface area contributed by atoms with E-state index >= 15 is 0 Å². The van der Waals surface area contributed by atoms with Crippen LogP contribution in [0, 0.1) is 10.1 Å². The van der Waals surface area contributed by atoms with E-state index in [2.05, 4.69) is 20.1 Å². The van der Waals surface area contributed by atoms with Gasteiger partial charge in [-0.25, -0.2) is 4.98 Å². The van der Waals surface area contributed by atoms with Crippen LogP contribution >= 0.6 is 0 Å². The van der Waals surface area contributed by atoms with Crippen LogP contribution < -0.4 is 15.0 Å². The monoisotopic (exact) mass is 371 g/mol. The zero-order valence-corrected chi connectivity index (χ0v) is 15.0. The number of anilines is 2. The third-order valence-electron chi connectivity index (χ3n) is 4.38. The van der Waals surface area contributed by atoms with Crippen LogP contribution in [0.4, 0.5) is 17.2 Å². The van der Waals surface area contributed by atoms with Crippen LogP contribution in [0.3, 0.4) is 0 Å². The normalized spacial score (nSPS) is 14.6. The molecule has 1 amide bonds. The molecule has 27 heavy (non-hydrogen) atoms. The number of carbonyl (C=O) groups excluding carboxylic acids is 1. The molecular formula is C18H21N5O4. The molecule has 2 aromatic rings. The van der Waals surface area contributed by atoms with Gasteiger partial charge in [0.1, 0.15) is 11.6 Å². The van der Waals surface area contributed by atoms with E-state index in [0.717, 1.165) is 32.0 Å². The average Bonchev–Trinajstić information content (AvgIpc) is 2.69. The highest BCUT2D eigenvalue weighted by atomic mass is 16.6. The number of benzene rings is 1. The molecule has 0 atom stereocenters. The fourth-order valence-electron chi connectivity index (χ4n) is 2.97. The van der Waals surface area contributed by atoms with Gasteiger partial charge >= 0.3 is 0 Å². The molecule has 0 saturated carbocycles. The van der Waals surface area contributed by atoms with Gasteiger partial charge in [-0.3, -0.25) is 19.8 Å². The molecule has 9 heteroatoms. The summed E-state index contributed by atoms with van der Waals surface area (Å²) in [5, 5.41) is 13.6. The number of nitro groups is 1.